The first-order valence-electron chi connectivity index (χ1n) is 6.32. The standard InChI is InChI=1S/C14H21NO2/c16-11-14(17)8-6-13(7-9-14)15-10-12-4-2-1-3-5-12/h1-5,13,15-17H,6-11H2. The van der Waals surface area contributed by atoms with E-state index in [2.05, 4.69) is 17.4 Å². The predicted molar refractivity (Wildman–Crippen MR) is 67.6 cm³/mol. The molecule has 17 heavy (non-hydrogen) atoms. The summed E-state index contributed by atoms with van der Waals surface area (Å²) in [5, 5.41) is 22.5. The zero-order valence-corrected chi connectivity index (χ0v) is 10.1. The van der Waals surface area contributed by atoms with Gasteiger partial charge >= 0.3 is 0 Å². The molecule has 0 saturated heterocycles. The molecule has 0 heterocycles. The molecule has 1 aromatic rings. The van der Waals surface area contributed by atoms with Crippen LogP contribution in [0.5, 0.6) is 0 Å². The van der Waals surface area contributed by atoms with Gasteiger partial charge in [0, 0.05) is 12.6 Å². The van der Waals surface area contributed by atoms with Gasteiger partial charge in [-0.15, -0.1) is 0 Å². The molecule has 2 rings (SSSR count). The monoisotopic (exact) mass is 235 g/mol. The molecule has 3 N–H and O–H groups in total. The van der Waals surface area contributed by atoms with Gasteiger partial charge in [0.15, 0.2) is 0 Å². The lowest BCUT2D eigenvalue weighted by Gasteiger charge is -2.35. The quantitative estimate of drug-likeness (QED) is 0.740. The van der Waals surface area contributed by atoms with Crippen LogP contribution in [0, 0.1) is 0 Å². The first kappa shape index (κ1) is 12.6. The van der Waals surface area contributed by atoms with E-state index in [1.165, 1.54) is 5.56 Å². The third kappa shape index (κ3) is 3.53. The lowest BCUT2D eigenvalue weighted by molar-refractivity contribution is -0.0474. The highest BCUT2D eigenvalue weighted by Crippen LogP contribution is 2.27. The smallest absolute Gasteiger partial charge is 0.0878 e. The lowest BCUT2D eigenvalue weighted by Crippen LogP contribution is -2.43. The summed E-state index contributed by atoms with van der Waals surface area (Å²) in [5.41, 5.74) is 0.459. The highest BCUT2D eigenvalue weighted by Gasteiger charge is 2.32. The third-order valence-electron chi connectivity index (χ3n) is 3.65. The summed E-state index contributed by atoms with van der Waals surface area (Å²) < 4.78 is 0. The van der Waals surface area contributed by atoms with Crippen LogP contribution in [-0.2, 0) is 6.54 Å². The normalized spacial score (nSPS) is 29.2. The van der Waals surface area contributed by atoms with E-state index in [-0.39, 0.29) is 6.61 Å². The van der Waals surface area contributed by atoms with Crippen molar-refractivity contribution in [3.05, 3.63) is 35.9 Å². The SMILES string of the molecule is OCC1(O)CCC(NCc2ccccc2)CC1. The molecule has 0 bridgehead atoms. The molecule has 0 aromatic heterocycles. The number of rotatable bonds is 4. The second-order valence-electron chi connectivity index (χ2n) is 5.02. The first-order chi connectivity index (χ1) is 8.22. The summed E-state index contributed by atoms with van der Waals surface area (Å²) >= 11 is 0. The molecular weight excluding hydrogens is 214 g/mol. The van der Waals surface area contributed by atoms with Crippen LogP contribution in [0.3, 0.4) is 0 Å². The maximum absolute atomic E-state index is 9.91. The van der Waals surface area contributed by atoms with Gasteiger partial charge in [-0.2, -0.15) is 0 Å². The Morgan fingerprint density at radius 2 is 1.82 bits per heavy atom. The largest absolute Gasteiger partial charge is 0.393 e. The van der Waals surface area contributed by atoms with Gasteiger partial charge in [-0.3, -0.25) is 0 Å². The van der Waals surface area contributed by atoms with Crippen LogP contribution < -0.4 is 5.32 Å². The van der Waals surface area contributed by atoms with Crippen LogP contribution >= 0.6 is 0 Å². The van der Waals surface area contributed by atoms with Gasteiger partial charge in [0.25, 0.3) is 0 Å². The highest BCUT2D eigenvalue weighted by molar-refractivity contribution is 5.14. The topological polar surface area (TPSA) is 52.5 Å². The van der Waals surface area contributed by atoms with Gasteiger partial charge in [-0.05, 0) is 31.2 Å². The molecular formula is C14H21NO2. The fourth-order valence-corrected chi connectivity index (χ4v) is 2.38. The molecule has 0 atom stereocenters. The summed E-state index contributed by atoms with van der Waals surface area (Å²) in [4.78, 5) is 0. The van der Waals surface area contributed by atoms with Crippen molar-refractivity contribution in [2.75, 3.05) is 6.61 Å². The zero-order chi connectivity index (χ0) is 12.1. The van der Waals surface area contributed by atoms with E-state index >= 15 is 0 Å². The fraction of sp³-hybridized carbons (Fsp3) is 0.571. The minimum atomic E-state index is -0.828. The molecule has 1 fully saturated rings. The summed E-state index contributed by atoms with van der Waals surface area (Å²) in [6, 6.07) is 10.8. The van der Waals surface area contributed by atoms with E-state index < -0.39 is 5.60 Å². The third-order valence-corrected chi connectivity index (χ3v) is 3.65. The van der Waals surface area contributed by atoms with Gasteiger partial charge in [-0.25, -0.2) is 0 Å². The molecule has 1 aromatic carbocycles. The highest BCUT2D eigenvalue weighted by atomic mass is 16.3. The Labute approximate surface area is 102 Å². The summed E-state index contributed by atoms with van der Waals surface area (Å²) in [6.45, 7) is 0.765. The molecule has 3 nitrogen and oxygen atoms in total. The van der Waals surface area contributed by atoms with Crippen LogP contribution in [0.2, 0.25) is 0 Å². The number of aliphatic hydroxyl groups excluding tert-OH is 1. The summed E-state index contributed by atoms with van der Waals surface area (Å²) in [7, 11) is 0. The molecule has 0 aliphatic heterocycles. The lowest BCUT2D eigenvalue weighted by atomic mass is 9.83. The van der Waals surface area contributed by atoms with Crippen molar-refractivity contribution in [2.45, 2.75) is 43.9 Å². The van der Waals surface area contributed by atoms with Crippen molar-refractivity contribution in [2.24, 2.45) is 0 Å². The molecule has 1 aliphatic rings. The Morgan fingerprint density at radius 1 is 1.18 bits per heavy atom. The Kier molecular flexibility index (Phi) is 4.15. The van der Waals surface area contributed by atoms with Crippen LogP contribution in [0.15, 0.2) is 30.3 Å². The van der Waals surface area contributed by atoms with Crippen molar-refractivity contribution in [1.29, 1.82) is 0 Å². The maximum atomic E-state index is 9.91. The molecule has 1 saturated carbocycles. The first-order valence-corrected chi connectivity index (χ1v) is 6.32. The second-order valence-corrected chi connectivity index (χ2v) is 5.02. The van der Waals surface area contributed by atoms with Crippen molar-refractivity contribution in [1.82, 2.24) is 5.32 Å². The number of hydrogen-bond acceptors (Lipinski definition) is 3. The second kappa shape index (κ2) is 5.63. The molecule has 1 aliphatic carbocycles. The zero-order valence-electron chi connectivity index (χ0n) is 10.1. The van der Waals surface area contributed by atoms with Gasteiger partial charge in [0.05, 0.1) is 12.2 Å². The molecule has 0 radical (unpaired) electrons. The Morgan fingerprint density at radius 3 is 2.41 bits per heavy atom. The molecule has 0 unspecified atom stereocenters. The van der Waals surface area contributed by atoms with Crippen molar-refractivity contribution in [3.63, 3.8) is 0 Å². The molecule has 0 amide bonds. The Hall–Kier alpha value is -0.900. The van der Waals surface area contributed by atoms with Crippen LogP contribution in [0.4, 0.5) is 0 Å². The van der Waals surface area contributed by atoms with Crippen molar-refractivity contribution < 1.29 is 10.2 Å². The average Bonchev–Trinajstić information content (AvgIpc) is 2.39. The predicted octanol–water partition coefficient (Wildman–Crippen LogP) is 1.44. The minimum absolute atomic E-state index is 0.113. The number of aliphatic hydroxyl groups is 2. The van der Waals surface area contributed by atoms with Crippen LogP contribution in [-0.4, -0.2) is 28.5 Å². The Balaban J connectivity index is 1.75. The number of hydrogen-bond donors (Lipinski definition) is 3. The average molecular weight is 235 g/mol. The fourth-order valence-electron chi connectivity index (χ4n) is 2.38. The van der Waals surface area contributed by atoms with Gasteiger partial charge in [-0.1, -0.05) is 30.3 Å². The van der Waals surface area contributed by atoms with E-state index in [9.17, 15) is 5.11 Å². The van der Waals surface area contributed by atoms with E-state index in [1.807, 2.05) is 18.2 Å². The Bertz CT molecular complexity index is 331. The van der Waals surface area contributed by atoms with Gasteiger partial charge < -0.3 is 15.5 Å². The van der Waals surface area contributed by atoms with E-state index in [4.69, 9.17) is 5.11 Å². The van der Waals surface area contributed by atoms with Crippen LogP contribution in [0.25, 0.3) is 0 Å². The van der Waals surface area contributed by atoms with E-state index in [0.29, 0.717) is 18.9 Å². The molecule has 94 valence electrons. The van der Waals surface area contributed by atoms with E-state index in [1.54, 1.807) is 0 Å². The number of nitrogens with one attached hydrogen (secondary N) is 1. The maximum Gasteiger partial charge on any atom is 0.0878 e. The minimum Gasteiger partial charge on any atom is -0.393 e. The van der Waals surface area contributed by atoms with Gasteiger partial charge in [0.2, 0.25) is 0 Å². The number of benzene rings is 1. The summed E-state index contributed by atoms with van der Waals surface area (Å²) in [6.07, 6.45) is 3.25. The molecule has 0 spiro atoms. The van der Waals surface area contributed by atoms with Crippen molar-refractivity contribution in [3.8, 4) is 0 Å². The van der Waals surface area contributed by atoms with Crippen molar-refractivity contribution >= 4 is 0 Å². The van der Waals surface area contributed by atoms with E-state index in [0.717, 1.165) is 19.4 Å². The summed E-state index contributed by atoms with van der Waals surface area (Å²) in [5.74, 6) is 0. The van der Waals surface area contributed by atoms with Gasteiger partial charge in [0.1, 0.15) is 0 Å². The molecule has 3 heteroatoms. The van der Waals surface area contributed by atoms with Crippen LogP contribution in [0.1, 0.15) is 31.2 Å².